The lowest BCUT2D eigenvalue weighted by Gasteiger charge is -2.35. The van der Waals surface area contributed by atoms with Gasteiger partial charge in [0, 0.05) is 49.9 Å². The number of nitrogens with one attached hydrogen (secondary N) is 2. The second-order valence-electron chi connectivity index (χ2n) is 9.26. The van der Waals surface area contributed by atoms with Crippen LogP contribution in [0.5, 0.6) is 5.75 Å². The van der Waals surface area contributed by atoms with Crippen LogP contribution in [0.3, 0.4) is 0 Å². The lowest BCUT2D eigenvalue weighted by Crippen LogP contribution is -2.44. The zero-order chi connectivity index (χ0) is 27.6. The maximum absolute atomic E-state index is 11.9. The summed E-state index contributed by atoms with van der Waals surface area (Å²) in [6.45, 7) is 6.56. The second kappa shape index (κ2) is 11.0. The first-order chi connectivity index (χ1) is 18.7. The number of phosphoric acid groups is 1. The Labute approximate surface area is 224 Å². The van der Waals surface area contributed by atoms with Gasteiger partial charge in [0.25, 0.3) is 0 Å². The number of allylic oxidation sites excluding steroid dienone is 1. The molecule has 39 heavy (non-hydrogen) atoms. The van der Waals surface area contributed by atoms with Crippen molar-refractivity contribution in [2.45, 2.75) is 6.42 Å². The summed E-state index contributed by atoms with van der Waals surface area (Å²) in [6.07, 6.45) is 3.16. The van der Waals surface area contributed by atoms with Gasteiger partial charge >= 0.3 is 7.82 Å². The molecule has 1 fully saturated rings. The maximum atomic E-state index is 11.9. The number of hydrogen-bond donors (Lipinski definition) is 4. The van der Waals surface area contributed by atoms with Gasteiger partial charge in [0.2, 0.25) is 5.95 Å². The molecular weight excluding hydrogens is 521 g/mol. The number of carbonyl (C=O) groups excluding carboxylic acids is 1. The van der Waals surface area contributed by atoms with E-state index in [4.69, 9.17) is 9.51 Å². The van der Waals surface area contributed by atoms with Crippen LogP contribution in [-0.2, 0) is 15.8 Å². The molecule has 3 heterocycles. The number of rotatable bonds is 9. The third kappa shape index (κ3) is 6.32. The van der Waals surface area contributed by atoms with Crippen molar-refractivity contribution < 1.29 is 23.7 Å². The fraction of sp³-hybridized carbons (Fsp3) is 0.231. The van der Waals surface area contributed by atoms with Gasteiger partial charge in [-0.05, 0) is 36.9 Å². The minimum atomic E-state index is -4.81. The van der Waals surface area contributed by atoms with Gasteiger partial charge in [0.1, 0.15) is 0 Å². The lowest BCUT2D eigenvalue weighted by atomic mass is 10.0. The van der Waals surface area contributed by atoms with Crippen molar-refractivity contribution in [2.24, 2.45) is 0 Å². The molecule has 0 atom stereocenters. The molecule has 13 heteroatoms. The first kappa shape index (κ1) is 26.5. The minimum Gasteiger partial charge on any atom is -0.402 e. The number of benzene rings is 2. The quantitative estimate of drug-likeness (QED) is 0.179. The van der Waals surface area contributed by atoms with E-state index in [1.54, 1.807) is 18.3 Å². The standard InChI is InChI=1S/C26H28N7O5P/c1-3-20(34)14-17-5-4-6-18(13-17)24-21-16-27-31-25(21)30-26(29-24)28-19-7-8-22(23(15-19)38-39(35,36)37)33-11-9-32(2)10-12-33/h3-8,13,15-16H,1,9-12,14H2,2H3,(H2,35,36,37)(H2,27,28,29,30,31). The molecule has 1 aliphatic rings. The topological polar surface area (TPSA) is 157 Å². The van der Waals surface area contributed by atoms with Crippen LogP contribution in [0.25, 0.3) is 22.3 Å². The number of carbonyl (C=O) groups is 1. The fourth-order valence-electron chi connectivity index (χ4n) is 4.44. The number of nitrogens with zero attached hydrogens (tertiary/aromatic N) is 5. The van der Waals surface area contributed by atoms with E-state index in [0.29, 0.717) is 41.2 Å². The largest absolute Gasteiger partial charge is 0.524 e. The molecule has 0 radical (unpaired) electrons. The molecule has 202 valence electrons. The van der Waals surface area contributed by atoms with Crippen LogP contribution in [0.2, 0.25) is 0 Å². The number of ketones is 1. The monoisotopic (exact) mass is 549 g/mol. The molecule has 0 aliphatic carbocycles. The minimum absolute atomic E-state index is 0.0558. The number of hydrogen-bond acceptors (Lipinski definition) is 9. The summed E-state index contributed by atoms with van der Waals surface area (Å²) in [4.78, 5) is 44.4. The number of anilines is 3. The summed E-state index contributed by atoms with van der Waals surface area (Å²) in [7, 11) is -2.78. The maximum Gasteiger partial charge on any atom is 0.524 e. The summed E-state index contributed by atoms with van der Waals surface area (Å²) in [5.74, 6) is 0.211. The van der Waals surface area contributed by atoms with Gasteiger partial charge in [0.05, 0.1) is 23.0 Å². The van der Waals surface area contributed by atoms with Crippen LogP contribution in [0, 0.1) is 0 Å². The summed E-state index contributed by atoms with van der Waals surface area (Å²) < 4.78 is 16.8. The number of likely N-dealkylation sites (N-methyl/N-ethyl adjacent to an activating group) is 1. The summed E-state index contributed by atoms with van der Waals surface area (Å²) in [5, 5.41) is 10.8. The highest BCUT2D eigenvalue weighted by molar-refractivity contribution is 7.46. The second-order valence-corrected chi connectivity index (χ2v) is 10.4. The summed E-state index contributed by atoms with van der Waals surface area (Å²) in [6, 6.07) is 12.5. The SMILES string of the molecule is C=CC(=O)Cc1cccc(-c2nc(Nc3ccc(N4CCN(C)CC4)c(OP(=O)(O)O)c3)nc3[nH]ncc23)c1. The zero-order valence-electron chi connectivity index (χ0n) is 21.2. The molecule has 0 amide bonds. The van der Waals surface area contributed by atoms with E-state index in [1.165, 1.54) is 12.1 Å². The molecule has 1 aliphatic heterocycles. The number of aromatic nitrogens is 4. The van der Waals surface area contributed by atoms with E-state index in [-0.39, 0.29) is 23.9 Å². The Morgan fingerprint density at radius 3 is 2.72 bits per heavy atom. The van der Waals surface area contributed by atoms with E-state index in [1.807, 2.05) is 36.2 Å². The van der Waals surface area contributed by atoms with Gasteiger partial charge < -0.3 is 19.6 Å². The van der Waals surface area contributed by atoms with Crippen molar-refractivity contribution in [1.82, 2.24) is 25.1 Å². The number of fused-ring (bicyclic) bond motifs is 1. The number of phosphoric ester groups is 1. The van der Waals surface area contributed by atoms with Crippen molar-refractivity contribution in [3.63, 3.8) is 0 Å². The van der Waals surface area contributed by atoms with Crippen LogP contribution in [-0.4, -0.2) is 73.9 Å². The first-order valence-electron chi connectivity index (χ1n) is 12.2. The third-order valence-corrected chi connectivity index (χ3v) is 6.83. The Morgan fingerprint density at radius 1 is 1.18 bits per heavy atom. The van der Waals surface area contributed by atoms with E-state index in [0.717, 1.165) is 24.2 Å². The molecule has 0 bridgehead atoms. The van der Waals surface area contributed by atoms with E-state index < -0.39 is 7.82 Å². The van der Waals surface area contributed by atoms with Crippen LogP contribution >= 0.6 is 7.82 Å². The van der Waals surface area contributed by atoms with Crippen molar-refractivity contribution >= 4 is 42.0 Å². The summed E-state index contributed by atoms with van der Waals surface area (Å²) in [5.41, 5.74) is 3.76. The Hall–Kier alpha value is -4.09. The Bertz CT molecular complexity index is 1580. The van der Waals surface area contributed by atoms with Crippen molar-refractivity contribution in [1.29, 1.82) is 0 Å². The van der Waals surface area contributed by atoms with Crippen molar-refractivity contribution in [3.8, 4) is 17.0 Å². The van der Waals surface area contributed by atoms with Crippen molar-refractivity contribution in [2.75, 3.05) is 43.4 Å². The average molecular weight is 550 g/mol. The predicted octanol–water partition coefficient (Wildman–Crippen LogP) is 3.28. The van der Waals surface area contributed by atoms with Gasteiger partial charge in [0.15, 0.2) is 17.2 Å². The van der Waals surface area contributed by atoms with Gasteiger partial charge in [-0.1, -0.05) is 24.8 Å². The highest BCUT2D eigenvalue weighted by atomic mass is 31.2. The van der Waals surface area contributed by atoms with E-state index >= 15 is 0 Å². The molecule has 4 aromatic rings. The molecule has 1 saturated heterocycles. The molecule has 0 spiro atoms. The fourth-order valence-corrected chi connectivity index (χ4v) is 4.85. The van der Waals surface area contributed by atoms with Crippen LogP contribution in [0.15, 0.2) is 61.3 Å². The molecule has 2 aromatic carbocycles. The van der Waals surface area contributed by atoms with E-state index in [2.05, 4.69) is 32.0 Å². The third-order valence-electron chi connectivity index (χ3n) is 6.39. The summed E-state index contributed by atoms with van der Waals surface area (Å²) >= 11 is 0. The average Bonchev–Trinajstić information content (AvgIpc) is 3.37. The molecule has 2 aromatic heterocycles. The highest BCUT2D eigenvalue weighted by Crippen LogP contribution is 2.43. The Morgan fingerprint density at radius 2 is 1.97 bits per heavy atom. The normalized spacial score (nSPS) is 14.4. The zero-order valence-corrected chi connectivity index (χ0v) is 22.1. The molecular formula is C26H28N7O5P. The first-order valence-corrected chi connectivity index (χ1v) is 13.8. The number of aromatic amines is 1. The van der Waals surface area contributed by atoms with Gasteiger partial charge in [-0.15, -0.1) is 0 Å². The van der Waals surface area contributed by atoms with E-state index in [9.17, 15) is 19.1 Å². The van der Waals surface area contributed by atoms with Crippen molar-refractivity contribution in [3.05, 3.63) is 66.9 Å². The highest BCUT2D eigenvalue weighted by Gasteiger charge is 2.24. The Balaban J connectivity index is 1.49. The number of piperazine rings is 1. The van der Waals surface area contributed by atoms with Gasteiger partial charge in [-0.3, -0.25) is 19.7 Å². The van der Waals surface area contributed by atoms with Crippen LogP contribution < -0.4 is 14.7 Å². The molecule has 5 rings (SSSR count). The lowest BCUT2D eigenvalue weighted by molar-refractivity contribution is -0.114. The molecule has 0 saturated carbocycles. The van der Waals surface area contributed by atoms with Crippen LogP contribution in [0.1, 0.15) is 5.56 Å². The van der Waals surface area contributed by atoms with Gasteiger partial charge in [-0.25, -0.2) is 9.55 Å². The van der Waals surface area contributed by atoms with Gasteiger partial charge in [-0.2, -0.15) is 10.1 Å². The predicted molar refractivity (Wildman–Crippen MR) is 148 cm³/mol. The Kier molecular flexibility index (Phi) is 7.45. The number of H-pyrrole nitrogens is 1. The molecule has 4 N–H and O–H groups in total. The molecule has 0 unspecified atom stereocenters. The smallest absolute Gasteiger partial charge is 0.402 e. The van der Waals surface area contributed by atoms with Crippen LogP contribution in [0.4, 0.5) is 17.3 Å². The molecule has 12 nitrogen and oxygen atoms in total.